The molecule has 0 aromatic carbocycles. The van der Waals surface area contributed by atoms with Crippen molar-refractivity contribution in [3.63, 3.8) is 0 Å². The van der Waals surface area contributed by atoms with Gasteiger partial charge in [-0.25, -0.2) is 0 Å². The van der Waals surface area contributed by atoms with Gasteiger partial charge in [-0.05, 0) is 0 Å². The first-order valence-corrected chi connectivity index (χ1v) is 27.1. The molecule has 0 aliphatic heterocycles. The van der Waals surface area contributed by atoms with Crippen LogP contribution in [0.25, 0.3) is 0 Å². The molecule has 1 nitrogen and oxygen atoms in total. The van der Waals surface area contributed by atoms with Gasteiger partial charge in [-0.2, -0.15) is 0 Å². The van der Waals surface area contributed by atoms with Gasteiger partial charge in [0.1, 0.15) is 0 Å². The summed E-state index contributed by atoms with van der Waals surface area (Å²) in [5.74, 6) is 0. The fourth-order valence-electron chi connectivity index (χ4n) is 0. The van der Waals surface area contributed by atoms with Crippen LogP contribution in [0.2, 0.25) is 0 Å². The van der Waals surface area contributed by atoms with E-state index in [9.17, 15) is 0 Å². The van der Waals surface area contributed by atoms with Gasteiger partial charge >= 0.3 is 45.5 Å². The fourth-order valence-corrected chi connectivity index (χ4v) is 0. The van der Waals surface area contributed by atoms with Crippen molar-refractivity contribution in [1.82, 2.24) is 0 Å². The molecule has 0 bridgehead atoms. The van der Waals surface area contributed by atoms with E-state index < -0.39 is 18.6 Å². The molecule has 0 aliphatic rings. The van der Waals surface area contributed by atoms with E-state index in [1.807, 2.05) is 0 Å². The number of halogens is 2. The molecule has 0 amide bonds. The molecule has 0 aliphatic carbocycles. The van der Waals surface area contributed by atoms with E-state index in [0.29, 0.717) is 0 Å². The van der Waals surface area contributed by atoms with Crippen LogP contribution in [0.4, 0.5) is 0 Å². The van der Waals surface area contributed by atoms with Crippen LogP contribution in [0.1, 0.15) is 0 Å². The molecule has 0 atom stereocenters. The summed E-state index contributed by atoms with van der Waals surface area (Å²) < 4.78 is 8.12. The molecule has 0 aromatic rings. The van der Waals surface area contributed by atoms with Gasteiger partial charge in [0.2, 0.25) is 0 Å². The second kappa shape index (κ2) is 3.06. The van der Waals surface area contributed by atoms with E-state index in [-0.39, 0.29) is 0 Å². The summed E-state index contributed by atoms with van der Waals surface area (Å²) in [5, 5.41) is 0. The van der Waals surface area contributed by atoms with Gasteiger partial charge in [-0.15, -0.1) is 0 Å². The summed E-state index contributed by atoms with van der Waals surface area (Å²) >= 11 is 3.79. The van der Waals surface area contributed by atoms with E-state index in [4.69, 9.17) is 3.01 Å². The Labute approximate surface area is 44.9 Å². The van der Waals surface area contributed by atoms with Gasteiger partial charge in [-0.1, -0.05) is 0 Å². The summed E-state index contributed by atoms with van der Waals surface area (Å²) in [6, 6.07) is 0. The molecule has 1 N–H and O–H groups in total. The van der Waals surface area contributed by atoms with Crippen LogP contribution in [-0.2, 0) is 18.6 Å². The Bertz CT molecular complexity index is 10.8. The normalized spacial score (nSPS) is 6.75. The Morgan fingerprint density at radius 2 is 1.50 bits per heavy atom. The monoisotopic (exact) mass is 377 g/mol. The molecule has 0 saturated heterocycles. The minimum atomic E-state index is -2.16. The van der Waals surface area contributed by atoms with Crippen LogP contribution in [-0.4, -0.2) is 3.01 Å². The van der Waals surface area contributed by atoms with Gasteiger partial charge in [0.25, 0.3) is 0 Å². The molecule has 0 heterocycles. The molecule has 0 saturated carbocycles. The van der Waals surface area contributed by atoms with E-state index >= 15 is 0 Å². The van der Waals surface area contributed by atoms with Crippen molar-refractivity contribution < 1.29 is 21.6 Å². The van der Waals surface area contributed by atoms with Crippen molar-refractivity contribution in [3.05, 3.63) is 0 Å². The zero-order valence-corrected chi connectivity index (χ0v) is 10.6. The van der Waals surface area contributed by atoms with Gasteiger partial charge < -0.3 is 0 Å². The van der Waals surface area contributed by atoms with Crippen LogP contribution >= 0.6 is 23.8 Å². The van der Waals surface area contributed by atoms with Gasteiger partial charge in [0.05, 0.1) is 0 Å². The third kappa shape index (κ3) is 9.13. The molecule has 4 heteroatoms. The standard InChI is InChI=1S/2BrH.Hg.H2O/h2*1H;;1H2/q;;+3;/p-3. The Balaban J connectivity index is 2.32. The van der Waals surface area contributed by atoms with Crippen molar-refractivity contribution in [1.29, 1.82) is 0 Å². The first-order chi connectivity index (χ1) is 1.73. The van der Waals surface area contributed by atoms with Crippen molar-refractivity contribution in [2.75, 3.05) is 0 Å². The number of hydrogen-bond donors (Lipinski definition) is 1. The number of rotatable bonds is 0. The summed E-state index contributed by atoms with van der Waals surface area (Å²) in [7, 11) is 0. The molecule has 0 radical (unpaired) electrons. The summed E-state index contributed by atoms with van der Waals surface area (Å²) in [4.78, 5) is 0. The summed E-state index contributed by atoms with van der Waals surface area (Å²) in [5.41, 5.74) is 0. The third-order valence-corrected chi connectivity index (χ3v) is 0. The molecule has 0 aromatic heterocycles. The summed E-state index contributed by atoms with van der Waals surface area (Å²) in [6.45, 7) is 0. The van der Waals surface area contributed by atoms with Crippen LogP contribution in [0, 0.1) is 0 Å². The fraction of sp³-hybridized carbons (Fsp3) is 0. The molecule has 23 valence electrons. The molecular weight excluding hydrogens is 376 g/mol. The molecule has 0 unspecified atom stereocenters. The van der Waals surface area contributed by atoms with Crippen molar-refractivity contribution in [3.8, 4) is 0 Å². The first kappa shape index (κ1) is 5.86. The van der Waals surface area contributed by atoms with Gasteiger partial charge in [-0.3, -0.25) is 0 Å². The minimum absolute atomic E-state index is 2.16. The van der Waals surface area contributed by atoms with Gasteiger partial charge in [0, 0.05) is 0 Å². The van der Waals surface area contributed by atoms with Crippen molar-refractivity contribution >= 4 is 23.8 Å². The van der Waals surface area contributed by atoms with E-state index in [1.54, 1.807) is 0 Å². The molecule has 0 fully saturated rings. The second-order valence-corrected chi connectivity index (χ2v) is 34.8. The Morgan fingerprint density at radius 3 is 1.50 bits per heavy atom. The zero-order chi connectivity index (χ0) is 3.58. The summed E-state index contributed by atoms with van der Waals surface area (Å²) in [6.07, 6.45) is 0. The zero-order valence-electron chi connectivity index (χ0n) is 1.91. The van der Waals surface area contributed by atoms with Crippen molar-refractivity contribution in [2.24, 2.45) is 0 Å². The quantitative estimate of drug-likeness (QED) is 0.628. The van der Waals surface area contributed by atoms with Crippen LogP contribution in [0.5, 0.6) is 0 Å². The first-order valence-electron chi connectivity index (χ1n) is 0.851. The average molecular weight is 377 g/mol. The Hall–Kier alpha value is 1.86. The van der Waals surface area contributed by atoms with E-state index in [1.165, 1.54) is 0 Å². The maximum absolute atomic E-state index is 8.12. The third-order valence-electron chi connectivity index (χ3n) is 0. The number of hydrogen-bond acceptors (Lipinski definition) is 1. The molecule has 0 spiro atoms. The second-order valence-electron chi connectivity index (χ2n) is 0.340. The van der Waals surface area contributed by atoms with E-state index in [0.717, 1.165) is 0 Å². The van der Waals surface area contributed by atoms with Gasteiger partial charge in [0.15, 0.2) is 0 Å². The molecule has 4 heavy (non-hydrogen) atoms. The SMILES string of the molecule is [OH][Hg]([Br])[Br]. The Morgan fingerprint density at radius 1 is 1.50 bits per heavy atom. The maximum atomic E-state index is 8.12. The van der Waals surface area contributed by atoms with Crippen molar-refractivity contribution in [2.45, 2.75) is 0 Å². The van der Waals surface area contributed by atoms with E-state index in [2.05, 4.69) is 23.8 Å². The van der Waals surface area contributed by atoms with Crippen LogP contribution < -0.4 is 0 Å². The Kier molecular flexibility index (Phi) is 4.48. The average Bonchev–Trinajstić information content (AvgIpc) is 0.811. The predicted molar refractivity (Wildman–Crippen MR) is 20.1 cm³/mol. The predicted octanol–water partition coefficient (Wildman–Crippen LogP) is 1.13. The van der Waals surface area contributed by atoms with Crippen LogP contribution in [0.15, 0.2) is 0 Å². The van der Waals surface area contributed by atoms with Crippen LogP contribution in [0.3, 0.4) is 0 Å². The molecule has 0 rings (SSSR count). The topological polar surface area (TPSA) is 20.2 Å². The molecular formula is HBr2HgO.